The molecule has 0 bridgehead atoms. The minimum Gasteiger partial charge on any atom is -0.375 e. The molecule has 76 valence electrons. The second-order valence-electron chi connectivity index (χ2n) is 4.66. The van der Waals surface area contributed by atoms with Gasteiger partial charge in [0.05, 0.1) is 19.3 Å². The highest BCUT2D eigenvalue weighted by Gasteiger charge is 2.40. The topological polar surface area (TPSA) is 21.8 Å². The van der Waals surface area contributed by atoms with Crippen molar-refractivity contribution in [3.8, 4) is 0 Å². The second-order valence-corrected chi connectivity index (χ2v) is 4.66. The highest BCUT2D eigenvalue weighted by atomic mass is 16.6. The maximum atomic E-state index is 5.86. The Balaban J connectivity index is 1.67. The van der Waals surface area contributed by atoms with Gasteiger partial charge in [0.1, 0.15) is 5.60 Å². The van der Waals surface area contributed by atoms with Crippen LogP contribution in [0.1, 0.15) is 45.4 Å². The molecule has 0 spiro atoms. The Morgan fingerprint density at radius 2 is 1.85 bits per heavy atom. The van der Waals surface area contributed by atoms with Gasteiger partial charge in [-0.3, -0.25) is 0 Å². The molecule has 1 unspecified atom stereocenters. The van der Waals surface area contributed by atoms with Crippen LogP contribution in [0.15, 0.2) is 0 Å². The molecule has 0 N–H and O–H groups in total. The molecule has 0 radical (unpaired) electrons. The number of hydrogen-bond donors (Lipinski definition) is 0. The Bertz CT molecular complexity index is 155. The van der Waals surface area contributed by atoms with Gasteiger partial charge in [0.15, 0.2) is 0 Å². The molecular formula is C11H20O2. The van der Waals surface area contributed by atoms with Crippen molar-refractivity contribution in [2.24, 2.45) is 0 Å². The lowest BCUT2D eigenvalue weighted by Crippen LogP contribution is -2.21. The Labute approximate surface area is 80.6 Å². The van der Waals surface area contributed by atoms with Crippen molar-refractivity contribution in [1.82, 2.24) is 0 Å². The van der Waals surface area contributed by atoms with Gasteiger partial charge < -0.3 is 9.47 Å². The van der Waals surface area contributed by atoms with Crippen molar-refractivity contribution in [3.05, 3.63) is 0 Å². The minimum absolute atomic E-state index is 0.0757. The summed E-state index contributed by atoms with van der Waals surface area (Å²) in [5.41, 5.74) is 0.0757. The zero-order valence-corrected chi connectivity index (χ0v) is 8.55. The van der Waals surface area contributed by atoms with E-state index in [-0.39, 0.29) is 5.60 Å². The van der Waals surface area contributed by atoms with Gasteiger partial charge in [-0.1, -0.05) is 25.7 Å². The molecule has 0 aromatic carbocycles. The first-order valence-electron chi connectivity index (χ1n) is 5.54. The van der Waals surface area contributed by atoms with Crippen molar-refractivity contribution in [3.63, 3.8) is 0 Å². The van der Waals surface area contributed by atoms with Crippen LogP contribution in [-0.4, -0.2) is 24.9 Å². The van der Waals surface area contributed by atoms with Crippen molar-refractivity contribution in [2.75, 3.05) is 13.2 Å². The largest absolute Gasteiger partial charge is 0.375 e. The molecular weight excluding hydrogens is 164 g/mol. The van der Waals surface area contributed by atoms with Crippen molar-refractivity contribution in [1.29, 1.82) is 0 Å². The van der Waals surface area contributed by atoms with E-state index in [0.29, 0.717) is 6.10 Å². The Morgan fingerprint density at radius 1 is 1.23 bits per heavy atom. The van der Waals surface area contributed by atoms with Gasteiger partial charge in [-0.2, -0.15) is 0 Å². The predicted molar refractivity (Wildman–Crippen MR) is 51.8 cm³/mol. The van der Waals surface area contributed by atoms with Crippen LogP contribution >= 0.6 is 0 Å². The fourth-order valence-electron chi connectivity index (χ4n) is 1.91. The molecule has 1 aliphatic carbocycles. The lowest BCUT2D eigenvalue weighted by Gasteiger charge is -2.16. The number of epoxide rings is 1. The Hall–Kier alpha value is -0.0800. The smallest absolute Gasteiger partial charge is 0.112 e. The molecule has 1 saturated heterocycles. The molecule has 13 heavy (non-hydrogen) atoms. The van der Waals surface area contributed by atoms with E-state index in [0.717, 1.165) is 13.2 Å². The summed E-state index contributed by atoms with van der Waals surface area (Å²) in [5.74, 6) is 0. The first-order chi connectivity index (χ1) is 6.29. The first kappa shape index (κ1) is 9.47. The molecule has 2 fully saturated rings. The Morgan fingerprint density at radius 3 is 2.38 bits per heavy atom. The lowest BCUT2D eigenvalue weighted by atomic mass is 10.1. The maximum absolute atomic E-state index is 5.86. The quantitative estimate of drug-likeness (QED) is 0.496. The standard InChI is InChI=1S/C11H20O2/c1-11(9-13-11)8-12-10-6-4-2-3-5-7-10/h10H,2-9H2,1H3. The fourth-order valence-corrected chi connectivity index (χ4v) is 1.91. The number of hydrogen-bond acceptors (Lipinski definition) is 2. The Kier molecular flexibility index (Phi) is 2.89. The third kappa shape index (κ3) is 2.96. The third-order valence-electron chi connectivity index (χ3n) is 3.06. The maximum Gasteiger partial charge on any atom is 0.112 e. The van der Waals surface area contributed by atoms with Gasteiger partial charge in [0.25, 0.3) is 0 Å². The van der Waals surface area contributed by atoms with Crippen molar-refractivity contribution < 1.29 is 9.47 Å². The van der Waals surface area contributed by atoms with Crippen LogP contribution in [0.5, 0.6) is 0 Å². The van der Waals surface area contributed by atoms with Crippen LogP contribution in [0.25, 0.3) is 0 Å². The summed E-state index contributed by atoms with van der Waals surface area (Å²) in [6.45, 7) is 3.82. The fraction of sp³-hybridized carbons (Fsp3) is 1.00. The zero-order chi connectivity index (χ0) is 9.15. The zero-order valence-electron chi connectivity index (χ0n) is 8.55. The molecule has 1 saturated carbocycles. The highest BCUT2D eigenvalue weighted by molar-refractivity contribution is 4.86. The first-order valence-corrected chi connectivity index (χ1v) is 5.54. The minimum atomic E-state index is 0.0757. The van der Waals surface area contributed by atoms with Gasteiger partial charge in [-0.15, -0.1) is 0 Å². The van der Waals surface area contributed by atoms with Crippen molar-refractivity contribution in [2.45, 2.75) is 57.2 Å². The van der Waals surface area contributed by atoms with Gasteiger partial charge in [-0.05, 0) is 19.8 Å². The average Bonchev–Trinajstić information content (AvgIpc) is 2.87. The molecule has 1 aliphatic heterocycles. The number of rotatable bonds is 3. The summed E-state index contributed by atoms with van der Waals surface area (Å²) in [6.07, 6.45) is 8.53. The van der Waals surface area contributed by atoms with Crippen LogP contribution in [0.2, 0.25) is 0 Å². The van der Waals surface area contributed by atoms with Crippen LogP contribution in [0, 0.1) is 0 Å². The average molecular weight is 184 g/mol. The van der Waals surface area contributed by atoms with E-state index in [9.17, 15) is 0 Å². The summed E-state index contributed by atoms with van der Waals surface area (Å²) in [7, 11) is 0. The van der Waals surface area contributed by atoms with E-state index >= 15 is 0 Å². The van der Waals surface area contributed by atoms with Crippen LogP contribution < -0.4 is 0 Å². The summed E-state index contributed by atoms with van der Waals surface area (Å²) in [6, 6.07) is 0. The molecule has 2 heteroatoms. The van der Waals surface area contributed by atoms with E-state index in [1.807, 2.05) is 0 Å². The molecule has 1 atom stereocenters. The molecule has 1 heterocycles. The molecule has 0 aromatic heterocycles. The van der Waals surface area contributed by atoms with Gasteiger partial charge in [0.2, 0.25) is 0 Å². The van der Waals surface area contributed by atoms with Gasteiger partial charge in [-0.25, -0.2) is 0 Å². The van der Waals surface area contributed by atoms with E-state index in [2.05, 4.69) is 6.92 Å². The number of ether oxygens (including phenoxy) is 2. The lowest BCUT2D eigenvalue weighted by molar-refractivity contribution is 0.0137. The second kappa shape index (κ2) is 3.97. The van der Waals surface area contributed by atoms with Gasteiger partial charge in [0, 0.05) is 0 Å². The monoisotopic (exact) mass is 184 g/mol. The van der Waals surface area contributed by atoms with E-state index in [1.165, 1.54) is 38.5 Å². The van der Waals surface area contributed by atoms with Gasteiger partial charge >= 0.3 is 0 Å². The van der Waals surface area contributed by atoms with E-state index in [1.54, 1.807) is 0 Å². The van der Waals surface area contributed by atoms with Crippen LogP contribution in [0.4, 0.5) is 0 Å². The van der Waals surface area contributed by atoms with Crippen LogP contribution in [0.3, 0.4) is 0 Å². The summed E-state index contributed by atoms with van der Waals surface area (Å²) < 4.78 is 11.2. The van der Waals surface area contributed by atoms with Crippen LogP contribution in [-0.2, 0) is 9.47 Å². The molecule has 0 aromatic rings. The van der Waals surface area contributed by atoms with Crippen molar-refractivity contribution >= 4 is 0 Å². The van der Waals surface area contributed by atoms with E-state index in [4.69, 9.17) is 9.47 Å². The van der Waals surface area contributed by atoms with E-state index < -0.39 is 0 Å². The molecule has 2 nitrogen and oxygen atoms in total. The SMILES string of the molecule is CC1(COC2CCCCCC2)CO1. The molecule has 0 amide bonds. The normalized spacial score (nSPS) is 35.8. The summed E-state index contributed by atoms with van der Waals surface area (Å²) in [4.78, 5) is 0. The summed E-state index contributed by atoms with van der Waals surface area (Å²) >= 11 is 0. The third-order valence-corrected chi connectivity index (χ3v) is 3.06. The predicted octanol–water partition coefficient (Wildman–Crippen LogP) is 2.51. The summed E-state index contributed by atoms with van der Waals surface area (Å²) in [5, 5.41) is 0. The highest BCUT2D eigenvalue weighted by Crippen LogP contribution is 2.28. The molecule has 2 aliphatic rings. The molecule has 2 rings (SSSR count).